The van der Waals surface area contributed by atoms with E-state index < -0.39 is 6.10 Å². The molecule has 0 spiro atoms. The average Bonchev–Trinajstić information content (AvgIpc) is 2.74. The van der Waals surface area contributed by atoms with Crippen LogP contribution in [0.4, 0.5) is 5.69 Å². The van der Waals surface area contributed by atoms with Gasteiger partial charge in [0.1, 0.15) is 12.4 Å². The molecule has 1 unspecified atom stereocenters. The van der Waals surface area contributed by atoms with Crippen LogP contribution >= 0.6 is 0 Å². The van der Waals surface area contributed by atoms with Gasteiger partial charge in [0, 0.05) is 18.9 Å². The monoisotopic (exact) mass is 383 g/mol. The van der Waals surface area contributed by atoms with E-state index in [2.05, 4.69) is 5.32 Å². The van der Waals surface area contributed by atoms with Gasteiger partial charge >= 0.3 is 5.97 Å². The molecule has 1 N–H and O–H groups in total. The first-order valence-corrected chi connectivity index (χ1v) is 9.48. The van der Waals surface area contributed by atoms with E-state index in [0.29, 0.717) is 44.1 Å². The second-order valence-corrected chi connectivity index (χ2v) is 6.75. The first-order chi connectivity index (χ1) is 13.6. The van der Waals surface area contributed by atoms with E-state index in [4.69, 9.17) is 14.2 Å². The van der Waals surface area contributed by atoms with Crippen LogP contribution in [0.3, 0.4) is 0 Å². The Balaban J connectivity index is 1.46. The molecule has 2 aromatic carbocycles. The standard InChI is InChI=1S/C22H25NO5/c1-16(28-22(25)18-11-13-26-14-12-18)21(24)23-19-7-9-20(10-8-19)27-15-17-5-3-2-4-6-17/h2-10,16,18H,11-15H2,1H3,(H,23,24). The molecule has 1 aliphatic rings. The van der Waals surface area contributed by atoms with Gasteiger partial charge < -0.3 is 19.5 Å². The lowest BCUT2D eigenvalue weighted by molar-refractivity contribution is -0.160. The van der Waals surface area contributed by atoms with Crippen molar-refractivity contribution in [2.45, 2.75) is 32.5 Å². The summed E-state index contributed by atoms with van der Waals surface area (Å²) in [6, 6.07) is 17.0. The highest BCUT2D eigenvalue weighted by Crippen LogP contribution is 2.19. The first-order valence-electron chi connectivity index (χ1n) is 9.48. The van der Waals surface area contributed by atoms with Crippen molar-refractivity contribution in [3.63, 3.8) is 0 Å². The number of anilines is 1. The van der Waals surface area contributed by atoms with Crippen molar-refractivity contribution < 1.29 is 23.8 Å². The Hall–Kier alpha value is -2.86. The molecule has 1 aliphatic heterocycles. The van der Waals surface area contributed by atoms with Crippen LogP contribution in [0.5, 0.6) is 5.75 Å². The Morgan fingerprint density at radius 2 is 1.75 bits per heavy atom. The molecular weight excluding hydrogens is 358 g/mol. The number of carbonyl (C=O) groups excluding carboxylic acids is 2. The minimum Gasteiger partial charge on any atom is -0.489 e. The van der Waals surface area contributed by atoms with Gasteiger partial charge in [-0.1, -0.05) is 30.3 Å². The van der Waals surface area contributed by atoms with Crippen molar-refractivity contribution >= 4 is 17.6 Å². The number of ether oxygens (including phenoxy) is 3. The number of carbonyl (C=O) groups is 2. The summed E-state index contributed by atoms with van der Waals surface area (Å²) in [7, 11) is 0. The van der Waals surface area contributed by atoms with Crippen LogP contribution in [0.1, 0.15) is 25.3 Å². The lowest BCUT2D eigenvalue weighted by atomic mass is 10.0. The van der Waals surface area contributed by atoms with E-state index in [0.717, 1.165) is 5.56 Å². The summed E-state index contributed by atoms with van der Waals surface area (Å²) in [6.45, 7) is 3.16. The third kappa shape index (κ3) is 5.82. The molecular formula is C22H25NO5. The van der Waals surface area contributed by atoms with Crippen molar-refractivity contribution in [2.24, 2.45) is 5.92 Å². The maximum Gasteiger partial charge on any atom is 0.309 e. The molecule has 1 fully saturated rings. The zero-order chi connectivity index (χ0) is 19.8. The predicted molar refractivity (Wildman–Crippen MR) is 105 cm³/mol. The molecule has 28 heavy (non-hydrogen) atoms. The van der Waals surface area contributed by atoms with Crippen molar-refractivity contribution in [2.75, 3.05) is 18.5 Å². The molecule has 6 heteroatoms. The van der Waals surface area contributed by atoms with E-state index in [1.807, 2.05) is 30.3 Å². The van der Waals surface area contributed by atoms with Crippen LogP contribution < -0.4 is 10.1 Å². The molecule has 6 nitrogen and oxygen atoms in total. The third-order valence-corrected chi connectivity index (χ3v) is 4.59. The summed E-state index contributed by atoms with van der Waals surface area (Å²) in [6.07, 6.45) is 0.416. The molecule has 0 radical (unpaired) electrons. The molecule has 0 bridgehead atoms. The van der Waals surface area contributed by atoms with E-state index in [9.17, 15) is 9.59 Å². The summed E-state index contributed by atoms with van der Waals surface area (Å²) < 4.78 is 16.3. The van der Waals surface area contributed by atoms with Crippen molar-refractivity contribution in [3.05, 3.63) is 60.2 Å². The Kier molecular flexibility index (Phi) is 7.03. The molecule has 2 aromatic rings. The number of rotatable bonds is 7. The average molecular weight is 383 g/mol. The first kappa shape index (κ1) is 19.9. The third-order valence-electron chi connectivity index (χ3n) is 4.59. The summed E-state index contributed by atoms with van der Waals surface area (Å²) >= 11 is 0. The molecule has 3 rings (SSSR count). The number of hydrogen-bond acceptors (Lipinski definition) is 5. The summed E-state index contributed by atoms with van der Waals surface area (Å²) in [5, 5.41) is 2.75. The predicted octanol–water partition coefficient (Wildman–Crippen LogP) is 3.56. The molecule has 148 valence electrons. The largest absolute Gasteiger partial charge is 0.489 e. The maximum atomic E-state index is 12.3. The van der Waals surface area contributed by atoms with Gasteiger partial charge in [-0.3, -0.25) is 9.59 Å². The zero-order valence-corrected chi connectivity index (χ0v) is 15.9. The molecule has 1 amide bonds. The quantitative estimate of drug-likeness (QED) is 0.740. The summed E-state index contributed by atoms with van der Waals surface area (Å²) in [4.78, 5) is 24.4. The SMILES string of the molecule is CC(OC(=O)C1CCOCC1)C(=O)Nc1ccc(OCc2ccccc2)cc1. The van der Waals surface area contributed by atoms with Gasteiger partial charge in [0.15, 0.2) is 6.10 Å². The Bertz CT molecular complexity index is 769. The number of hydrogen-bond donors (Lipinski definition) is 1. The van der Waals surface area contributed by atoms with Gasteiger partial charge in [0.2, 0.25) is 0 Å². The van der Waals surface area contributed by atoms with E-state index in [1.165, 1.54) is 0 Å². The van der Waals surface area contributed by atoms with Crippen LogP contribution in [0.15, 0.2) is 54.6 Å². The Labute approximate surface area is 164 Å². The lowest BCUT2D eigenvalue weighted by Gasteiger charge is -2.22. The Morgan fingerprint density at radius 3 is 2.43 bits per heavy atom. The van der Waals surface area contributed by atoms with Gasteiger partial charge in [-0.05, 0) is 49.6 Å². The van der Waals surface area contributed by atoms with Gasteiger partial charge in [-0.15, -0.1) is 0 Å². The number of esters is 1. The minimum atomic E-state index is -0.857. The fraction of sp³-hybridized carbons (Fsp3) is 0.364. The van der Waals surface area contributed by atoms with Gasteiger partial charge in [-0.2, -0.15) is 0 Å². The fourth-order valence-corrected chi connectivity index (χ4v) is 2.88. The normalized spacial score (nSPS) is 15.5. The van der Waals surface area contributed by atoms with Crippen LogP contribution in [-0.4, -0.2) is 31.2 Å². The summed E-state index contributed by atoms with van der Waals surface area (Å²) in [5.74, 6) is -0.181. The van der Waals surface area contributed by atoms with E-state index >= 15 is 0 Å². The van der Waals surface area contributed by atoms with E-state index in [1.54, 1.807) is 31.2 Å². The molecule has 1 heterocycles. The molecule has 0 aromatic heterocycles. The highest BCUT2D eigenvalue weighted by molar-refractivity contribution is 5.95. The second-order valence-electron chi connectivity index (χ2n) is 6.75. The van der Waals surface area contributed by atoms with Crippen LogP contribution in [0, 0.1) is 5.92 Å². The van der Waals surface area contributed by atoms with Gasteiger partial charge in [-0.25, -0.2) is 0 Å². The van der Waals surface area contributed by atoms with Crippen LogP contribution in [-0.2, 0) is 25.7 Å². The topological polar surface area (TPSA) is 73.9 Å². The van der Waals surface area contributed by atoms with E-state index in [-0.39, 0.29) is 17.8 Å². The zero-order valence-electron chi connectivity index (χ0n) is 15.9. The summed E-state index contributed by atoms with van der Waals surface area (Å²) in [5.41, 5.74) is 1.70. The van der Waals surface area contributed by atoms with Crippen molar-refractivity contribution in [1.82, 2.24) is 0 Å². The fourth-order valence-electron chi connectivity index (χ4n) is 2.88. The maximum absolute atomic E-state index is 12.3. The van der Waals surface area contributed by atoms with Gasteiger partial charge in [0.05, 0.1) is 5.92 Å². The second kappa shape index (κ2) is 9.90. The highest BCUT2D eigenvalue weighted by atomic mass is 16.5. The van der Waals surface area contributed by atoms with Crippen LogP contribution in [0.25, 0.3) is 0 Å². The molecule has 0 saturated carbocycles. The molecule has 1 saturated heterocycles. The van der Waals surface area contributed by atoms with Crippen molar-refractivity contribution in [3.8, 4) is 5.75 Å². The van der Waals surface area contributed by atoms with Gasteiger partial charge in [0.25, 0.3) is 5.91 Å². The smallest absolute Gasteiger partial charge is 0.309 e. The Morgan fingerprint density at radius 1 is 1.07 bits per heavy atom. The van der Waals surface area contributed by atoms with Crippen LogP contribution in [0.2, 0.25) is 0 Å². The minimum absolute atomic E-state index is 0.190. The number of benzene rings is 2. The van der Waals surface area contributed by atoms with Crippen molar-refractivity contribution in [1.29, 1.82) is 0 Å². The lowest BCUT2D eigenvalue weighted by Crippen LogP contribution is -2.34. The number of nitrogens with one attached hydrogen (secondary N) is 1. The molecule has 0 aliphatic carbocycles. The number of amides is 1. The highest BCUT2D eigenvalue weighted by Gasteiger charge is 2.26. The molecule has 1 atom stereocenters.